The Morgan fingerprint density at radius 3 is 2.44 bits per heavy atom. The number of unbranched alkanes of at least 4 members (excludes halogenated alkanes) is 1. The first kappa shape index (κ1) is 15.6. The van der Waals surface area contributed by atoms with Crippen molar-refractivity contribution in [3.8, 4) is 5.75 Å². The van der Waals surface area contributed by atoms with Gasteiger partial charge in [0.1, 0.15) is 10.3 Å². The Morgan fingerprint density at radius 1 is 1.28 bits per heavy atom. The Balaban J connectivity index is 2.78. The molecule has 2 atom stereocenters. The highest BCUT2D eigenvalue weighted by Gasteiger charge is 2.18. The van der Waals surface area contributed by atoms with Crippen molar-refractivity contribution in [2.75, 3.05) is 18.6 Å². The van der Waals surface area contributed by atoms with E-state index in [1.54, 1.807) is 18.9 Å². The van der Waals surface area contributed by atoms with Gasteiger partial charge in [0.2, 0.25) is 0 Å². The number of thioether (sulfide) groups is 1. The monoisotopic (exact) mass is 286 g/mol. The molecule has 1 aromatic rings. The molecule has 0 amide bonds. The lowest BCUT2D eigenvalue weighted by atomic mass is 10.2. The fraction of sp³-hybridized carbons (Fsp3) is 0.571. The fourth-order valence-corrected chi connectivity index (χ4v) is 4.83. The number of methoxy groups -OCH3 is 1. The third kappa shape index (κ3) is 4.65. The second kappa shape index (κ2) is 8.59. The van der Waals surface area contributed by atoms with Crippen molar-refractivity contribution in [2.45, 2.75) is 31.3 Å². The minimum Gasteiger partial charge on any atom is -0.497 e. The topological polar surface area (TPSA) is 26.3 Å². The van der Waals surface area contributed by atoms with E-state index in [1.165, 1.54) is 0 Å². The van der Waals surface area contributed by atoms with Crippen LogP contribution in [0.15, 0.2) is 24.3 Å². The molecule has 0 bridgehead atoms. The normalized spacial score (nSPS) is 14.2. The predicted octanol–water partition coefficient (Wildman–Crippen LogP) is 4.00. The quantitative estimate of drug-likeness (QED) is 0.722. The molecule has 18 heavy (non-hydrogen) atoms. The highest BCUT2D eigenvalue weighted by atomic mass is 32.2. The summed E-state index contributed by atoms with van der Waals surface area (Å²) < 4.78 is 17.5. The van der Waals surface area contributed by atoms with Crippen LogP contribution < -0.4 is 4.74 Å². The first-order valence-electron chi connectivity index (χ1n) is 6.35. The molecular weight excluding hydrogens is 264 g/mol. The van der Waals surface area contributed by atoms with E-state index >= 15 is 0 Å². The molecule has 0 aliphatic rings. The fourth-order valence-electron chi connectivity index (χ4n) is 1.63. The molecule has 0 radical (unpaired) electrons. The molecule has 0 aliphatic heterocycles. The first-order valence-corrected chi connectivity index (χ1v) is 8.78. The van der Waals surface area contributed by atoms with Crippen molar-refractivity contribution in [1.82, 2.24) is 0 Å². The molecular formula is C14H22O2S2. The Bertz CT molecular complexity index is 363. The van der Waals surface area contributed by atoms with Crippen molar-refractivity contribution >= 4 is 22.6 Å². The second-order valence-corrected chi connectivity index (χ2v) is 7.32. The lowest BCUT2D eigenvalue weighted by molar-refractivity contribution is 0.414. The number of benzene rings is 1. The Hall–Kier alpha value is -0.480. The van der Waals surface area contributed by atoms with Crippen LogP contribution in [0.25, 0.3) is 0 Å². The molecule has 0 aromatic heterocycles. The van der Waals surface area contributed by atoms with E-state index in [4.69, 9.17) is 4.74 Å². The second-order valence-electron chi connectivity index (χ2n) is 4.00. The van der Waals surface area contributed by atoms with Crippen molar-refractivity contribution in [2.24, 2.45) is 0 Å². The minimum absolute atomic E-state index is 0.0902. The molecule has 0 N–H and O–H groups in total. The van der Waals surface area contributed by atoms with Gasteiger partial charge in [0, 0.05) is 16.6 Å². The standard InChI is InChI=1S/C14H22O2S2/c1-4-6-11-18(15)14(17-5-2)12-7-9-13(16-3)10-8-12/h7-10,14H,4-6,11H2,1-3H3. The highest BCUT2D eigenvalue weighted by molar-refractivity contribution is 8.10. The maximum absolute atomic E-state index is 12.3. The van der Waals surface area contributed by atoms with E-state index in [1.807, 2.05) is 24.3 Å². The van der Waals surface area contributed by atoms with Crippen molar-refractivity contribution in [3.05, 3.63) is 29.8 Å². The van der Waals surface area contributed by atoms with E-state index in [-0.39, 0.29) is 4.58 Å². The molecule has 2 unspecified atom stereocenters. The van der Waals surface area contributed by atoms with Gasteiger partial charge in [0.05, 0.1) is 7.11 Å². The Kier molecular flexibility index (Phi) is 7.44. The van der Waals surface area contributed by atoms with Crippen LogP contribution in [0.1, 0.15) is 36.8 Å². The Labute approximate surface area is 117 Å². The van der Waals surface area contributed by atoms with Gasteiger partial charge in [0.15, 0.2) is 0 Å². The van der Waals surface area contributed by atoms with Crippen LogP contribution in [0, 0.1) is 0 Å². The molecule has 1 aromatic carbocycles. The van der Waals surface area contributed by atoms with Crippen LogP contribution in [0.3, 0.4) is 0 Å². The molecule has 2 nitrogen and oxygen atoms in total. The lowest BCUT2D eigenvalue weighted by Gasteiger charge is -2.16. The zero-order chi connectivity index (χ0) is 13.4. The first-order chi connectivity index (χ1) is 8.72. The average Bonchev–Trinajstić information content (AvgIpc) is 2.42. The third-order valence-electron chi connectivity index (χ3n) is 2.64. The maximum Gasteiger partial charge on any atom is 0.118 e. The van der Waals surface area contributed by atoms with E-state index in [2.05, 4.69) is 13.8 Å². The lowest BCUT2D eigenvalue weighted by Crippen LogP contribution is -2.07. The van der Waals surface area contributed by atoms with Crippen LogP contribution >= 0.6 is 11.8 Å². The van der Waals surface area contributed by atoms with Gasteiger partial charge >= 0.3 is 0 Å². The molecule has 0 aliphatic carbocycles. The molecule has 0 saturated carbocycles. The van der Waals surface area contributed by atoms with E-state index in [0.29, 0.717) is 0 Å². The number of ether oxygens (including phenoxy) is 1. The van der Waals surface area contributed by atoms with Crippen LogP contribution in [-0.2, 0) is 10.8 Å². The van der Waals surface area contributed by atoms with Gasteiger partial charge in [0.25, 0.3) is 0 Å². The van der Waals surface area contributed by atoms with Gasteiger partial charge in [-0.05, 0) is 29.9 Å². The number of hydrogen-bond donors (Lipinski definition) is 0. The van der Waals surface area contributed by atoms with Crippen molar-refractivity contribution < 1.29 is 8.95 Å². The summed E-state index contributed by atoms with van der Waals surface area (Å²) in [5.74, 6) is 2.62. The van der Waals surface area contributed by atoms with Gasteiger partial charge in [-0.3, -0.25) is 4.21 Å². The molecule has 4 heteroatoms. The minimum atomic E-state index is -0.795. The summed E-state index contributed by atoms with van der Waals surface area (Å²) in [4.78, 5) is 0. The molecule has 0 heterocycles. The summed E-state index contributed by atoms with van der Waals surface area (Å²) in [5.41, 5.74) is 1.14. The molecule has 0 spiro atoms. The summed E-state index contributed by atoms with van der Waals surface area (Å²) in [7, 11) is 0.864. The maximum atomic E-state index is 12.3. The zero-order valence-electron chi connectivity index (χ0n) is 11.3. The summed E-state index contributed by atoms with van der Waals surface area (Å²) >= 11 is 1.76. The van der Waals surface area contributed by atoms with Gasteiger partial charge in [-0.2, -0.15) is 0 Å². The van der Waals surface area contributed by atoms with Crippen LogP contribution in [-0.4, -0.2) is 22.8 Å². The summed E-state index contributed by atoms with van der Waals surface area (Å²) in [6.07, 6.45) is 2.13. The Morgan fingerprint density at radius 2 is 1.94 bits per heavy atom. The zero-order valence-corrected chi connectivity index (χ0v) is 13.0. The number of hydrogen-bond acceptors (Lipinski definition) is 3. The third-order valence-corrected chi connectivity index (χ3v) is 6.05. The largest absolute Gasteiger partial charge is 0.497 e. The van der Waals surface area contributed by atoms with E-state index < -0.39 is 10.8 Å². The predicted molar refractivity (Wildman–Crippen MR) is 81.8 cm³/mol. The van der Waals surface area contributed by atoms with Crippen molar-refractivity contribution in [3.63, 3.8) is 0 Å². The van der Waals surface area contributed by atoms with E-state index in [0.717, 1.165) is 35.7 Å². The summed E-state index contributed by atoms with van der Waals surface area (Å²) in [6.45, 7) is 4.24. The summed E-state index contributed by atoms with van der Waals surface area (Å²) in [6, 6.07) is 7.93. The molecule has 102 valence electrons. The smallest absolute Gasteiger partial charge is 0.118 e. The van der Waals surface area contributed by atoms with E-state index in [9.17, 15) is 4.21 Å². The SMILES string of the molecule is CCCCS(=O)C(SCC)c1ccc(OC)cc1. The summed E-state index contributed by atoms with van der Waals surface area (Å²) in [5, 5.41) is 0. The van der Waals surface area contributed by atoms with Gasteiger partial charge in [-0.15, -0.1) is 11.8 Å². The van der Waals surface area contributed by atoms with Gasteiger partial charge < -0.3 is 4.74 Å². The van der Waals surface area contributed by atoms with Gasteiger partial charge in [-0.1, -0.05) is 32.4 Å². The van der Waals surface area contributed by atoms with Gasteiger partial charge in [-0.25, -0.2) is 0 Å². The molecule has 1 rings (SSSR count). The average molecular weight is 286 g/mol. The van der Waals surface area contributed by atoms with Crippen LogP contribution in [0.2, 0.25) is 0 Å². The number of rotatable bonds is 8. The molecule has 0 saturated heterocycles. The van der Waals surface area contributed by atoms with Crippen LogP contribution in [0.4, 0.5) is 0 Å². The molecule has 0 fully saturated rings. The van der Waals surface area contributed by atoms with Crippen LogP contribution in [0.5, 0.6) is 5.75 Å². The highest BCUT2D eigenvalue weighted by Crippen LogP contribution is 2.33. The van der Waals surface area contributed by atoms with Crippen molar-refractivity contribution in [1.29, 1.82) is 0 Å².